The fraction of sp³-hybridized carbons (Fsp3) is 0.421. The lowest BCUT2D eigenvalue weighted by Crippen LogP contribution is -2.41. The molecular weight excluding hydrogens is 356 g/mol. The van der Waals surface area contributed by atoms with Gasteiger partial charge in [0.2, 0.25) is 0 Å². The summed E-state index contributed by atoms with van der Waals surface area (Å²) in [6.07, 6.45) is 1.22. The van der Waals surface area contributed by atoms with Crippen molar-refractivity contribution in [1.82, 2.24) is 0 Å². The van der Waals surface area contributed by atoms with Gasteiger partial charge in [0.25, 0.3) is 5.79 Å². The van der Waals surface area contributed by atoms with Crippen LogP contribution in [0.5, 0.6) is 11.5 Å². The van der Waals surface area contributed by atoms with Crippen LogP contribution in [0.15, 0.2) is 17.7 Å². The summed E-state index contributed by atoms with van der Waals surface area (Å²) in [5.74, 6) is -2.65. The zero-order valence-electron chi connectivity index (χ0n) is 15.9. The molecule has 0 bridgehead atoms. The summed E-state index contributed by atoms with van der Waals surface area (Å²) in [5.41, 5.74) is 0.611. The first-order valence-corrected chi connectivity index (χ1v) is 8.29. The van der Waals surface area contributed by atoms with E-state index in [1.54, 1.807) is 19.1 Å². The molecule has 1 heterocycles. The molecule has 2 rings (SSSR count). The lowest BCUT2D eigenvalue weighted by molar-refractivity contribution is -0.222. The minimum Gasteiger partial charge on any atom is -0.493 e. The van der Waals surface area contributed by atoms with E-state index in [4.69, 9.17) is 23.7 Å². The molecule has 1 aliphatic rings. The molecular formula is C19H22O8. The van der Waals surface area contributed by atoms with Gasteiger partial charge in [0.15, 0.2) is 11.5 Å². The summed E-state index contributed by atoms with van der Waals surface area (Å²) in [7, 11) is 2.91. The highest BCUT2D eigenvalue weighted by atomic mass is 16.7. The summed E-state index contributed by atoms with van der Waals surface area (Å²) < 4.78 is 25.7. The smallest absolute Gasteiger partial charge is 0.348 e. The van der Waals surface area contributed by atoms with Gasteiger partial charge >= 0.3 is 17.9 Å². The topological polar surface area (TPSA) is 97.4 Å². The van der Waals surface area contributed by atoms with E-state index in [0.29, 0.717) is 22.6 Å². The van der Waals surface area contributed by atoms with Crippen LogP contribution in [0.3, 0.4) is 0 Å². The molecule has 0 spiro atoms. The molecule has 0 N–H and O–H groups in total. The van der Waals surface area contributed by atoms with Crippen LogP contribution < -0.4 is 9.47 Å². The Morgan fingerprint density at radius 2 is 1.63 bits per heavy atom. The number of carbonyl (C=O) groups excluding carboxylic acids is 3. The van der Waals surface area contributed by atoms with E-state index >= 15 is 0 Å². The normalized spacial score (nSPS) is 15.5. The second kappa shape index (κ2) is 8.11. The van der Waals surface area contributed by atoms with Crippen LogP contribution in [0.25, 0.3) is 6.08 Å². The maximum atomic E-state index is 12.2. The Bertz CT molecular complexity index is 769. The van der Waals surface area contributed by atoms with Gasteiger partial charge in [0.1, 0.15) is 5.57 Å². The van der Waals surface area contributed by atoms with Gasteiger partial charge in [-0.05, 0) is 36.3 Å². The van der Waals surface area contributed by atoms with Gasteiger partial charge in [-0.25, -0.2) is 9.59 Å². The van der Waals surface area contributed by atoms with Crippen molar-refractivity contribution >= 4 is 24.0 Å². The van der Waals surface area contributed by atoms with Gasteiger partial charge in [-0.1, -0.05) is 0 Å². The number of rotatable bonds is 6. The van der Waals surface area contributed by atoms with E-state index in [1.807, 2.05) is 0 Å². The molecule has 0 unspecified atom stereocenters. The van der Waals surface area contributed by atoms with Gasteiger partial charge in [-0.3, -0.25) is 4.79 Å². The number of esters is 3. The maximum absolute atomic E-state index is 12.2. The summed E-state index contributed by atoms with van der Waals surface area (Å²) in [5, 5.41) is 0. The highest BCUT2D eigenvalue weighted by molar-refractivity contribution is 6.19. The SMILES string of the molecule is CCOC(=O)Cc1cc(OC)c(OC)cc1C=C1C(=O)OC(C)(C)OC1=O. The summed E-state index contributed by atoms with van der Waals surface area (Å²) in [6, 6.07) is 3.15. The fourth-order valence-corrected chi connectivity index (χ4v) is 2.53. The van der Waals surface area contributed by atoms with Crippen LogP contribution in [-0.2, 0) is 35.0 Å². The third-order valence-electron chi connectivity index (χ3n) is 3.70. The first-order valence-electron chi connectivity index (χ1n) is 8.29. The average molecular weight is 378 g/mol. The van der Waals surface area contributed by atoms with Gasteiger partial charge in [0.05, 0.1) is 27.2 Å². The Kier molecular flexibility index (Phi) is 6.09. The Morgan fingerprint density at radius 1 is 1.07 bits per heavy atom. The van der Waals surface area contributed by atoms with Crippen molar-refractivity contribution in [2.75, 3.05) is 20.8 Å². The van der Waals surface area contributed by atoms with Crippen LogP contribution in [0, 0.1) is 0 Å². The lowest BCUT2D eigenvalue weighted by atomic mass is 10.0. The van der Waals surface area contributed by atoms with Crippen LogP contribution in [0.2, 0.25) is 0 Å². The first kappa shape index (κ1) is 20.3. The van der Waals surface area contributed by atoms with Crippen LogP contribution in [-0.4, -0.2) is 44.5 Å². The summed E-state index contributed by atoms with van der Waals surface area (Å²) in [6.45, 7) is 4.85. The minimum atomic E-state index is -1.34. The van der Waals surface area contributed by atoms with E-state index in [-0.39, 0.29) is 18.6 Å². The molecule has 1 aromatic carbocycles. The first-order chi connectivity index (χ1) is 12.7. The lowest BCUT2D eigenvalue weighted by Gasteiger charge is -2.29. The van der Waals surface area contributed by atoms with E-state index < -0.39 is 23.7 Å². The number of hydrogen-bond acceptors (Lipinski definition) is 8. The molecule has 1 aromatic rings. The van der Waals surface area contributed by atoms with Crippen molar-refractivity contribution in [3.8, 4) is 11.5 Å². The molecule has 1 aliphatic heterocycles. The molecule has 1 saturated heterocycles. The Labute approximate surface area is 157 Å². The molecule has 146 valence electrons. The molecule has 0 radical (unpaired) electrons. The largest absolute Gasteiger partial charge is 0.493 e. The van der Waals surface area contributed by atoms with E-state index in [1.165, 1.54) is 34.1 Å². The van der Waals surface area contributed by atoms with Gasteiger partial charge in [0, 0.05) is 13.8 Å². The summed E-state index contributed by atoms with van der Waals surface area (Å²) in [4.78, 5) is 36.3. The molecule has 8 heteroatoms. The van der Waals surface area contributed by atoms with Crippen LogP contribution in [0.1, 0.15) is 31.9 Å². The number of benzene rings is 1. The second-order valence-corrected chi connectivity index (χ2v) is 6.12. The maximum Gasteiger partial charge on any atom is 0.348 e. The number of hydrogen-bond donors (Lipinski definition) is 0. The van der Waals surface area contributed by atoms with Crippen molar-refractivity contribution in [3.63, 3.8) is 0 Å². The average Bonchev–Trinajstić information content (AvgIpc) is 2.58. The Morgan fingerprint density at radius 3 is 2.15 bits per heavy atom. The molecule has 1 fully saturated rings. The minimum absolute atomic E-state index is 0.0805. The van der Waals surface area contributed by atoms with Crippen LogP contribution >= 0.6 is 0 Å². The van der Waals surface area contributed by atoms with E-state index in [0.717, 1.165) is 0 Å². The Hall–Kier alpha value is -3.03. The van der Waals surface area contributed by atoms with Crippen molar-refractivity contribution < 1.29 is 38.1 Å². The highest BCUT2D eigenvalue weighted by Gasteiger charge is 2.39. The monoisotopic (exact) mass is 378 g/mol. The summed E-state index contributed by atoms with van der Waals surface area (Å²) >= 11 is 0. The number of ether oxygens (including phenoxy) is 5. The molecule has 0 amide bonds. The van der Waals surface area contributed by atoms with Crippen molar-refractivity contribution in [2.45, 2.75) is 33.0 Å². The molecule has 0 saturated carbocycles. The van der Waals surface area contributed by atoms with Crippen molar-refractivity contribution in [3.05, 3.63) is 28.8 Å². The van der Waals surface area contributed by atoms with Crippen molar-refractivity contribution in [2.24, 2.45) is 0 Å². The molecule has 0 aromatic heterocycles. The quantitative estimate of drug-likeness (QED) is 0.421. The van der Waals surface area contributed by atoms with Crippen LogP contribution in [0.4, 0.5) is 0 Å². The highest BCUT2D eigenvalue weighted by Crippen LogP contribution is 2.33. The third kappa shape index (κ3) is 4.78. The van der Waals surface area contributed by atoms with E-state index in [9.17, 15) is 14.4 Å². The second-order valence-electron chi connectivity index (χ2n) is 6.12. The fourth-order valence-electron chi connectivity index (χ4n) is 2.53. The van der Waals surface area contributed by atoms with E-state index in [2.05, 4.69) is 0 Å². The number of carbonyl (C=O) groups is 3. The standard InChI is InChI=1S/C19H22O8/c1-6-25-16(20)10-12-9-15(24-5)14(23-4)8-11(12)7-13-17(21)26-19(2,3)27-18(13)22/h7-9H,6,10H2,1-5H3. The number of methoxy groups -OCH3 is 2. The molecule has 8 nitrogen and oxygen atoms in total. The zero-order chi connectivity index (χ0) is 20.2. The molecule has 0 atom stereocenters. The number of cyclic esters (lactones) is 2. The van der Waals surface area contributed by atoms with Crippen molar-refractivity contribution in [1.29, 1.82) is 0 Å². The third-order valence-corrected chi connectivity index (χ3v) is 3.70. The van der Waals surface area contributed by atoms with Gasteiger partial charge < -0.3 is 23.7 Å². The van der Waals surface area contributed by atoms with Gasteiger partial charge in [-0.2, -0.15) is 0 Å². The predicted octanol–water partition coefficient (Wildman–Crippen LogP) is 2.03. The molecule has 27 heavy (non-hydrogen) atoms. The molecule has 0 aliphatic carbocycles. The zero-order valence-corrected chi connectivity index (χ0v) is 15.9. The Balaban J connectivity index is 2.51. The predicted molar refractivity (Wildman–Crippen MR) is 94.1 cm³/mol. The van der Waals surface area contributed by atoms with Gasteiger partial charge in [-0.15, -0.1) is 0 Å².